The van der Waals surface area contributed by atoms with Crippen molar-refractivity contribution >= 4 is 29.3 Å². The Bertz CT molecular complexity index is 634. The number of aliphatic hydroxyl groups excluding tert-OH is 1. The van der Waals surface area contributed by atoms with Gasteiger partial charge in [-0.3, -0.25) is 9.78 Å². The molecule has 2 rings (SSSR count). The van der Waals surface area contributed by atoms with Gasteiger partial charge < -0.3 is 10.0 Å². The molecular weight excluding hydrogens is 320 g/mol. The summed E-state index contributed by atoms with van der Waals surface area (Å²) >= 11 is 7.70. The van der Waals surface area contributed by atoms with Crippen molar-refractivity contribution in [1.29, 1.82) is 0 Å². The Morgan fingerprint density at radius 1 is 1.32 bits per heavy atom. The molecule has 0 spiro atoms. The Kier molecular flexibility index (Phi) is 6.24. The molecule has 1 aromatic carbocycles. The molecule has 0 aliphatic carbocycles. The van der Waals surface area contributed by atoms with Crippen LogP contribution in [0.5, 0.6) is 0 Å². The van der Waals surface area contributed by atoms with Gasteiger partial charge in [-0.15, -0.1) is 11.8 Å². The maximum absolute atomic E-state index is 12.6. The van der Waals surface area contributed by atoms with E-state index in [0.29, 0.717) is 17.1 Å². The van der Waals surface area contributed by atoms with Gasteiger partial charge in [-0.05, 0) is 30.0 Å². The molecule has 4 nitrogen and oxygen atoms in total. The maximum atomic E-state index is 12.6. The molecule has 0 unspecified atom stereocenters. The fourth-order valence-electron chi connectivity index (χ4n) is 2.04. The summed E-state index contributed by atoms with van der Waals surface area (Å²) in [5.74, 6) is -0.213. The molecule has 0 radical (unpaired) electrons. The van der Waals surface area contributed by atoms with Gasteiger partial charge in [-0.2, -0.15) is 0 Å². The average Bonchev–Trinajstić information content (AvgIpc) is 2.55. The highest BCUT2D eigenvalue weighted by Gasteiger charge is 2.18. The summed E-state index contributed by atoms with van der Waals surface area (Å²) in [6.45, 7) is 0.575. The van der Waals surface area contributed by atoms with E-state index < -0.39 is 0 Å². The van der Waals surface area contributed by atoms with E-state index in [-0.39, 0.29) is 19.1 Å². The molecule has 1 N–H and O–H groups in total. The van der Waals surface area contributed by atoms with E-state index in [2.05, 4.69) is 4.98 Å². The third-order valence-corrected chi connectivity index (χ3v) is 4.24. The molecule has 0 saturated carbocycles. The van der Waals surface area contributed by atoms with E-state index in [0.717, 1.165) is 5.56 Å². The van der Waals surface area contributed by atoms with Crippen LogP contribution in [0.15, 0.2) is 47.6 Å². The summed E-state index contributed by atoms with van der Waals surface area (Å²) in [5.41, 5.74) is 1.40. The molecule has 0 aliphatic rings. The number of rotatable bonds is 6. The number of hydrogen-bond acceptors (Lipinski definition) is 4. The molecule has 116 valence electrons. The Morgan fingerprint density at radius 2 is 2.05 bits per heavy atom. The minimum absolute atomic E-state index is 0.0999. The molecule has 6 heteroatoms. The summed E-state index contributed by atoms with van der Waals surface area (Å²) in [6.07, 6.45) is 4.99. The lowest BCUT2D eigenvalue weighted by atomic mass is 10.2. The summed E-state index contributed by atoms with van der Waals surface area (Å²) in [7, 11) is 0. The number of carbonyl (C=O) groups is 1. The molecule has 1 aromatic heterocycles. The Balaban J connectivity index is 2.18. The van der Waals surface area contributed by atoms with Crippen molar-refractivity contribution in [2.45, 2.75) is 11.4 Å². The predicted octanol–water partition coefficient (Wildman–Crippen LogP) is 3.09. The number of aromatic nitrogens is 1. The van der Waals surface area contributed by atoms with E-state index in [4.69, 9.17) is 11.6 Å². The lowest BCUT2D eigenvalue weighted by molar-refractivity contribution is 0.0708. The molecule has 0 bridgehead atoms. The summed E-state index contributed by atoms with van der Waals surface area (Å²) in [5, 5.41) is 9.53. The van der Waals surface area contributed by atoms with Gasteiger partial charge in [0.2, 0.25) is 0 Å². The van der Waals surface area contributed by atoms with Crippen LogP contribution in [0.3, 0.4) is 0 Å². The second kappa shape index (κ2) is 8.17. The molecule has 22 heavy (non-hydrogen) atoms. The van der Waals surface area contributed by atoms with Crippen molar-refractivity contribution in [3.8, 4) is 0 Å². The zero-order valence-electron chi connectivity index (χ0n) is 12.2. The van der Waals surface area contributed by atoms with Crippen molar-refractivity contribution in [1.82, 2.24) is 9.88 Å². The molecule has 0 saturated heterocycles. The number of nitrogens with zero attached hydrogens (tertiary/aromatic N) is 2. The van der Waals surface area contributed by atoms with Gasteiger partial charge in [-0.1, -0.05) is 23.7 Å². The number of benzene rings is 1. The first-order valence-electron chi connectivity index (χ1n) is 6.78. The van der Waals surface area contributed by atoms with Gasteiger partial charge in [-0.25, -0.2) is 0 Å². The number of carbonyl (C=O) groups excluding carboxylic acids is 1. The first-order chi connectivity index (χ1) is 10.7. The molecule has 2 aromatic rings. The Hall–Kier alpha value is -1.56. The van der Waals surface area contributed by atoms with Gasteiger partial charge in [0.15, 0.2) is 0 Å². The number of pyridine rings is 1. The predicted molar refractivity (Wildman–Crippen MR) is 89.3 cm³/mol. The SMILES string of the molecule is CSc1ccc(CN(CCO)C(=O)c2ccncc2Cl)cc1. The van der Waals surface area contributed by atoms with Gasteiger partial charge in [0.05, 0.1) is 17.2 Å². The lowest BCUT2D eigenvalue weighted by Crippen LogP contribution is -2.33. The molecule has 0 aliphatic heterocycles. The quantitative estimate of drug-likeness (QED) is 0.824. The molecule has 1 amide bonds. The Morgan fingerprint density at radius 3 is 2.64 bits per heavy atom. The molecule has 0 fully saturated rings. The number of hydrogen-bond donors (Lipinski definition) is 1. The lowest BCUT2D eigenvalue weighted by Gasteiger charge is -2.22. The third-order valence-electron chi connectivity index (χ3n) is 3.19. The Labute approximate surface area is 139 Å². The first kappa shape index (κ1) is 16.8. The van der Waals surface area contributed by atoms with Crippen LogP contribution < -0.4 is 0 Å². The number of halogens is 1. The van der Waals surface area contributed by atoms with E-state index in [1.165, 1.54) is 17.3 Å². The van der Waals surface area contributed by atoms with Crippen LogP contribution in [0.4, 0.5) is 0 Å². The van der Waals surface area contributed by atoms with Crippen LogP contribution >= 0.6 is 23.4 Å². The molecule has 0 atom stereocenters. The monoisotopic (exact) mass is 336 g/mol. The van der Waals surface area contributed by atoms with Crippen molar-refractivity contribution in [2.24, 2.45) is 0 Å². The summed E-state index contributed by atoms with van der Waals surface area (Å²) in [6, 6.07) is 9.59. The zero-order valence-corrected chi connectivity index (χ0v) is 13.8. The molecule has 1 heterocycles. The zero-order chi connectivity index (χ0) is 15.9. The minimum atomic E-state index is -0.213. The second-order valence-corrected chi connectivity index (χ2v) is 5.94. The number of thioether (sulfide) groups is 1. The van der Waals surface area contributed by atoms with Crippen LogP contribution in [0.25, 0.3) is 0 Å². The van der Waals surface area contributed by atoms with Crippen LogP contribution in [0, 0.1) is 0 Å². The normalized spacial score (nSPS) is 10.5. The maximum Gasteiger partial charge on any atom is 0.255 e. The topological polar surface area (TPSA) is 53.4 Å². The van der Waals surface area contributed by atoms with Crippen molar-refractivity contribution < 1.29 is 9.90 Å². The highest BCUT2D eigenvalue weighted by Crippen LogP contribution is 2.19. The van der Waals surface area contributed by atoms with Crippen LogP contribution in [0.2, 0.25) is 5.02 Å². The first-order valence-corrected chi connectivity index (χ1v) is 8.38. The van der Waals surface area contributed by atoms with Crippen LogP contribution in [0.1, 0.15) is 15.9 Å². The van der Waals surface area contributed by atoms with E-state index >= 15 is 0 Å². The van der Waals surface area contributed by atoms with Crippen LogP contribution in [-0.4, -0.2) is 40.3 Å². The second-order valence-electron chi connectivity index (χ2n) is 4.65. The number of aliphatic hydroxyl groups is 1. The van der Waals surface area contributed by atoms with Crippen molar-refractivity contribution in [2.75, 3.05) is 19.4 Å². The van der Waals surface area contributed by atoms with Gasteiger partial charge in [0, 0.05) is 30.4 Å². The van der Waals surface area contributed by atoms with Crippen molar-refractivity contribution in [3.63, 3.8) is 0 Å². The van der Waals surface area contributed by atoms with E-state index in [1.54, 1.807) is 22.7 Å². The van der Waals surface area contributed by atoms with E-state index in [9.17, 15) is 9.90 Å². The third kappa shape index (κ3) is 4.22. The fraction of sp³-hybridized carbons (Fsp3) is 0.250. The van der Waals surface area contributed by atoms with Crippen LogP contribution in [-0.2, 0) is 6.54 Å². The standard InChI is InChI=1S/C16H17ClN2O2S/c1-22-13-4-2-12(3-5-13)11-19(8-9-20)16(21)14-6-7-18-10-15(14)17/h2-7,10,20H,8-9,11H2,1H3. The smallest absolute Gasteiger partial charge is 0.255 e. The summed E-state index contributed by atoms with van der Waals surface area (Å²) < 4.78 is 0. The summed E-state index contributed by atoms with van der Waals surface area (Å²) in [4.78, 5) is 19.2. The minimum Gasteiger partial charge on any atom is -0.395 e. The van der Waals surface area contributed by atoms with Gasteiger partial charge in [0.1, 0.15) is 0 Å². The fourth-order valence-corrected chi connectivity index (χ4v) is 2.65. The van der Waals surface area contributed by atoms with Gasteiger partial charge >= 0.3 is 0 Å². The molecular formula is C16H17ClN2O2S. The highest BCUT2D eigenvalue weighted by molar-refractivity contribution is 7.98. The van der Waals surface area contributed by atoms with E-state index in [1.807, 2.05) is 30.5 Å². The highest BCUT2D eigenvalue weighted by atomic mass is 35.5. The van der Waals surface area contributed by atoms with Crippen molar-refractivity contribution in [3.05, 3.63) is 58.9 Å². The van der Waals surface area contributed by atoms with Gasteiger partial charge in [0.25, 0.3) is 5.91 Å². The average molecular weight is 337 g/mol. The largest absolute Gasteiger partial charge is 0.395 e. The number of amides is 1.